The molecule has 4 rings (SSSR count). The molecule has 6 heteroatoms. The van der Waals surface area contributed by atoms with Crippen LogP contribution in [-0.4, -0.2) is 26.7 Å². The molecule has 0 aliphatic carbocycles. The van der Waals surface area contributed by atoms with Crippen LogP contribution in [0.4, 0.5) is 0 Å². The fourth-order valence-corrected chi connectivity index (χ4v) is 4.30. The number of Topliss-reactive ketones (excluding diaryl/α,β-unsaturated/α-hetero) is 1. The zero-order valence-corrected chi connectivity index (χ0v) is 16.9. The number of aryl methyl sites for hydroxylation is 2. The highest BCUT2D eigenvalue weighted by molar-refractivity contribution is 7.09. The Morgan fingerprint density at radius 1 is 1.14 bits per heavy atom. The van der Waals surface area contributed by atoms with Crippen molar-refractivity contribution in [2.75, 3.05) is 0 Å². The number of thiophene rings is 1. The molecule has 0 saturated carbocycles. The van der Waals surface area contributed by atoms with Crippen molar-refractivity contribution >= 4 is 28.8 Å². The summed E-state index contributed by atoms with van der Waals surface area (Å²) < 4.78 is 0. The lowest BCUT2D eigenvalue weighted by molar-refractivity contribution is -0.140. The minimum Gasteiger partial charge on any atom is -0.507 e. The number of aromatic nitrogens is 1. The number of aliphatic hydroxyl groups excluding tert-OH is 1. The van der Waals surface area contributed by atoms with Crippen LogP contribution in [0.2, 0.25) is 0 Å². The van der Waals surface area contributed by atoms with E-state index in [1.807, 2.05) is 55.6 Å². The number of ketones is 1. The molecule has 1 aliphatic heterocycles. The van der Waals surface area contributed by atoms with Crippen LogP contribution in [0.3, 0.4) is 0 Å². The first-order valence-corrected chi connectivity index (χ1v) is 10.1. The average molecular weight is 404 g/mol. The smallest absolute Gasteiger partial charge is 0.296 e. The molecule has 1 fully saturated rings. The fourth-order valence-electron chi connectivity index (χ4n) is 3.59. The highest BCUT2D eigenvalue weighted by Gasteiger charge is 2.46. The van der Waals surface area contributed by atoms with Gasteiger partial charge in [0.05, 0.1) is 17.8 Å². The van der Waals surface area contributed by atoms with Crippen LogP contribution >= 0.6 is 11.3 Å². The molecular weight excluding hydrogens is 384 g/mol. The quantitative estimate of drug-likeness (QED) is 0.398. The molecule has 1 aliphatic rings. The van der Waals surface area contributed by atoms with Crippen LogP contribution < -0.4 is 0 Å². The minimum absolute atomic E-state index is 0.0824. The highest BCUT2D eigenvalue weighted by Crippen LogP contribution is 2.40. The van der Waals surface area contributed by atoms with Crippen LogP contribution in [-0.2, 0) is 16.1 Å². The third-order valence-electron chi connectivity index (χ3n) is 5.06. The van der Waals surface area contributed by atoms with Gasteiger partial charge in [-0.3, -0.25) is 14.6 Å². The zero-order valence-electron chi connectivity index (χ0n) is 16.1. The van der Waals surface area contributed by atoms with E-state index in [-0.39, 0.29) is 17.9 Å². The maximum absolute atomic E-state index is 13.0. The fraction of sp³-hybridized carbons (Fsp3) is 0.174. The summed E-state index contributed by atoms with van der Waals surface area (Å²) >= 11 is 1.52. The number of likely N-dealkylation sites (tertiary alicyclic amines) is 1. The van der Waals surface area contributed by atoms with E-state index in [2.05, 4.69) is 4.98 Å². The van der Waals surface area contributed by atoms with Crippen molar-refractivity contribution in [1.82, 2.24) is 9.88 Å². The molecule has 0 radical (unpaired) electrons. The Labute approximate surface area is 173 Å². The van der Waals surface area contributed by atoms with Gasteiger partial charge < -0.3 is 10.0 Å². The maximum atomic E-state index is 13.0. The molecule has 1 amide bonds. The average Bonchev–Trinajstić information content (AvgIpc) is 3.32. The normalized spacial score (nSPS) is 18.4. The van der Waals surface area contributed by atoms with Crippen molar-refractivity contribution in [3.63, 3.8) is 0 Å². The molecule has 5 nitrogen and oxygen atoms in total. The maximum Gasteiger partial charge on any atom is 0.296 e. The highest BCUT2D eigenvalue weighted by atomic mass is 32.1. The van der Waals surface area contributed by atoms with E-state index in [0.29, 0.717) is 11.3 Å². The van der Waals surface area contributed by atoms with Gasteiger partial charge in [-0.1, -0.05) is 29.8 Å². The molecule has 1 unspecified atom stereocenters. The Bertz CT molecular complexity index is 1100. The lowest BCUT2D eigenvalue weighted by Gasteiger charge is -2.24. The van der Waals surface area contributed by atoms with Gasteiger partial charge in [0.1, 0.15) is 11.8 Å². The lowest BCUT2D eigenvalue weighted by Crippen LogP contribution is -2.29. The zero-order chi connectivity index (χ0) is 20.5. The first-order valence-electron chi connectivity index (χ1n) is 9.26. The summed E-state index contributed by atoms with van der Waals surface area (Å²) in [6.07, 6.45) is 1.62. The Hall–Kier alpha value is -3.25. The van der Waals surface area contributed by atoms with Crippen molar-refractivity contribution in [3.8, 4) is 0 Å². The van der Waals surface area contributed by atoms with Crippen molar-refractivity contribution in [3.05, 3.63) is 92.9 Å². The number of hydrogen-bond donors (Lipinski definition) is 1. The summed E-state index contributed by atoms with van der Waals surface area (Å²) in [6.45, 7) is 4.07. The van der Waals surface area contributed by atoms with E-state index in [1.165, 1.54) is 16.2 Å². The number of carbonyl (C=O) groups is 2. The summed E-state index contributed by atoms with van der Waals surface area (Å²) in [6, 6.07) is 14.1. The summed E-state index contributed by atoms with van der Waals surface area (Å²) in [7, 11) is 0. The van der Waals surface area contributed by atoms with Crippen LogP contribution in [0.1, 0.15) is 33.3 Å². The molecule has 1 N–H and O–H groups in total. The number of hydrogen-bond acceptors (Lipinski definition) is 5. The molecule has 146 valence electrons. The number of aliphatic hydroxyl groups is 1. The molecule has 3 heterocycles. The van der Waals surface area contributed by atoms with Gasteiger partial charge in [0.2, 0.25) is 0 Å². The first kappa shape index (κ1) is 19.1. The van der Waals surface area contributed by atoms with Crippen molar-refractivity contribution in [1.29, 1.82) is 0 Å². The second-order valence-corrected chi connectivity index (χ2v) is 8.11. The van der Waals surface area contributed by atoms with Gasteiger partial charge in [-0.25, -0.2) is 0 Å². The Morgan fingerprint density at radius 2 is 1.97 bits per heavy atom. The number of benzene rings is 1. The molecule has 1 atom stereocenters. The van der Waals surface area contributed by atoms with E-state index in [4.69, 9.17) is 0 Å². The molecule has 3 aromatic rings. The molecule has 2 aromatic heterocycles. The number of pyridine rings is 1. The van der Waals surface area contributed by atoms with Gasteiger partial charge in [0.15, 0.2) is 0 Å². The predicted molar refractivity (Wildman–Crippen MR) is 112 cm³/mol. The SMILES string of the molecule is Cc1ccc(C)c(/C(O)=C2\C(=O)C(=O)N(Cc3cccs3)C2c2ccccn2)c1. The van der Waals surface area contributed by atoms with E-state index in [1.54, 1.807) is 18.3 Å². The van der Waals surface area contributed by atoms with E-state index < -0.39 is 17.7 Å². The molecule has 0 spiro atoms. The predicted octanol–water partition coefficient (Wildman–Crippen LogP) is 4.38. The topological polar surface area (TPSA) is 70.5 Å². The van der Waals surface area contributed by atoms with Gasteiger partial charge in [0.25, 0.3) is 11.7 Å². The molecule has 0 bridgehead atoms. The first-order chi connectivity index (χ1) is 14.0. The monoisotopic (exact) mass is 404 g/mol. The van der Waals surface area contributed by atoms with Gasteiger partial charge in [0, 0.05) is 16.6 Å². The summed E-state index contributed by atoms with van der Waals surface area (Å²) in [5, 5.41) is 13.1. The summed E-state index contributed by atoms with van der Waals surface area (Å²) in [5.41, 5.74) is 2.98. The lowest BCUT2D eigenvalue weighted by atomic mass is 9.95. The number of rotatable bonds is 4. The number of amides is 1. The second kappa shape index (κ2) is 7.64. The van der Waals surface area contributed by atoms with Crippen LogP contribution in [0.25, 0.3) is 5.76 Å². The van der Waals surface area contributed by atoms with Gasteiger partial charge in [-0.15, -0.1) is 11.3 Å². The Kier molecular flexibility index (Phi) is 5.03. The van der Waals surface area contributed by atoms with Crippen LogP contribution in [0.15, 0.2) is 65.7 Å². The Balaban J connectivity index is 1.90. The Morgan fingerprint density at radius 3 is 2.66 bits per heavy atom. The van der Waals surface area contributed by atoms with Crippen molar-refractivity contribution < 1.29 is 14.7 Å². The van der Waals surface area contributed by atoms with Crippen LogP contribution in [0, 0.1) is 13.8 Å². The van der Waals surface area contributed by atoms with Gasteiger partial charge >= 0.3 is 0 Å². The van der Waals surface area contributed by atoms with E-state index >= 15 is 0 Å². The summed E-state index contributed by atoms with van der Waals surface area (Å²) in [5.74, 6) is -1.47. The third kappa shape index (κ3) is 3.47. The van der Waals surface area contributed by atoms with Gasteiger partial charge in [-0.2, -0.15) is 0 Å². The van der Waals surface area contributed by atoms with Crippen molar-refractivity contribution in [2.45, 2.75) is 26.4 Å². The second-order valence-electron chi connectivity index (χ2n) is 7.08. The molecule has 1 saturated heterocycles. The van der Waals surface area contributed by atoms with Crippen LogP contribution in [0.5, 0.6) is 0 Å². The van der Waals surface area contributed by atoms with E-state index in [9.17, 15) is 14.7 Å². The standard InChI is InChI=1S/C23H20N2O3S/c1-14-8-9-15(2)17(12-14)21(26)19-20(18-7-3-4-10-24-18)25(23(28)22(19)27)13-16-6-5-11-29-16/h3-12,20,26H,13H2,1-2H3/b21-19+. The summed E-state index contributed by atoms with van der Waals surface area (Å²) in [4.78, 5) is 32.8. The third-order valence-corrected chi connectivity index (χ3v) is 5.92. The largest absolute Gasteiger partial charge is 0.507 e. The number of carbonyl (C=O) groups excluding carboxylic acids is 2. The molecular formula is C23H20N2O3S. The minimum atomic E-state index is -0.738. The van der Waals surface area contributed by atoms with Crippen molar-refractivity contribution in [2.24, 2.45) is 0 Å². The van der Waals surface area contributed by atoms with E-state index in [0.717, 1.165) is 16.0 Å². The molecule has 29 heavy (non-hydrogen) atoms. The molecule has 1 aromatic carbocycles. The number of nitrogens with zero attached hydrogens (tertiary/aromatic N) is 2. The van der Waals surface area contributed by atoms with Gasteiger partial charge in [-0.05, 0) is 49.1 Å².